The van der Waals surface area contributed by atoms with Crippen LogP contribution in [0.3, 0.4) is 0 Å². The van der Waals surface area contributed by atoms with Crippen LogP contribution in [0.25, 0.3) is 0 Å². The zero-order chi connectivity index (χ0) is 8.85. The monoisotopic (exact) mass is 157 g/mol. The molecule has 0 saturated carbocycles. The maximum atomic E-state index is 10.8. The lowest BCUT2D eigenvalue weighted by Crippen LogP contribution is -2.20. The highest BCUT2D eigenvalue weighted by molar-refractivity contribution is 5.79. The van der Waals surface area contributed by atoms with Gasteiger partial charge in [0.25, 0.3) is 5.91 Å². The summed E-state index contributed by atoms with van der Waals surface area (Å²) in [6.45, 7) is 7.64. The molecule has 0 aromatic carbocycles. The van der Waals surface area contributed by atoms with E-state index in [0.717, 1.165) is 12.1 Å². The van der Waals surface area contributed by atoms with E-state index in [-0.39, 0.29) is 5.91 Å². The minimum absolute atomic E-state index is 0.00231. The quantitative estimate of drug-likeness (QED) is 0.580. The highest BCUT2D eigenvalue weighted by Crippen LogP contribution is 2.19. The van der Waals surface area contributed by atoms with E-state index in [0.29, 0.717) is 6.42 Å². The molecule has 3 heteroatoms. The minimum Gasteiger partial charge on any atom is -0.272 e. The molecule has 0 aliphatic carbocycles. The van der Waals surface area contributed by atoms with Gasteiger partial charge in [0.2, 0.25) is 0 Å². The predicted octanol–water partition coefficient (Wildman–Crippen LogP) is 1.71. The van der Waals surface area contributed by atoms with Gasteiger partial charge in [0, 0.05) is 12.1 Å². The van der Waals surface area contributed by atoms with Crippen molar-refractivity contribution in [1.82, 2.24) is 5.06 Å². The summed E-state index contributed by atoms with van der Waals surface area (Å²) < 4.78 is 0. The first-order valence-electron chi connectivity index (χ1n) is 3.80. The van der Waals surface area contributed by atoms with Gasteiger partial charge in [-0.2, -0.15) is 5.06 Å². The molecular formula is C8H15NO2. The van der Waals surface area contributed by atoms with Crippen molar-refractivity contribution >= 4 is 5.91 Å². The van der Waals surface area contributed by atoms with Crippen LogP contribution >= 0.6 is 0 Å². The molecule has 0 aromatic heterocycles. The van der Waals surface area contributed by atoms with E-state index < -0.39 is 0 Å². The minimum atomic E-state index is 0.00231. The highest BCUT2D eigenvalue weighted by atomic mass is 16.7. The summed E-state index contributed by atoms with van der Waals surface area (Å²) in [5.41, 5.74) is 0.752. The molecule has 1 amide bonds. The van der Waals surface area contributed by atoms with Crippen molar-refractivity contribution in [1.29, 1.82) is 0 Å². The number of hydroxylamine groups is 2. The molecule has 0 bridgehead atoms. The normalized spacial score (nSPS) is 16.5. The Morgan fingerprint density at radius 1 is 1.45 bits per heavy atom. The largest absolute Gasteiger partial charge is 0.272 e. The van der Waals surface area contributed by atoms with Crippen molar-refractivity contribution < 1.29 is 9.63 Å². The van der Waals surface area contributed by atoms with Gasteiger partial charge in [-0.1, -0.05) is 20.4 Å². The molecule has 0 unspecified atom stereocenters. The molecule has 1 fully saturated rings. The van der Waals surface area contributed by atoms with E-state index >= 15 is 0 Å². The Bertz CT molecular complexity index is 138. The molecule has 1 aliphatic heterocycles. The Morgan fingerprint density at radius 3 is 2.18 bits per heavy atom. The summed E-state index contributed by atoms with van der Waals surface area (Å²) in [5, 5.41) is 1.24. The first kappa shape index (κ1) is 10.2. The van der Waals surface area contributed by atoms with E-state index in [9.17, 15) is 4.79 Å². The van der Waals surface area contributed by atoms with Crippen molar-refractivity contribution in [3.8, 4) is 0 Å². The van der Waals surface area contributed by atoms with Gasteiger partial charge in [-0.3, -0.25) is 9.63 Å². The van der Waals surface area contributed by atoms with E-state index in [1.807, 2.05) is 13.8 Å². The molecule has 1 heterocycles. The van der Waals surface area contributed by atoms with Crippen LogP contribution in [0.2, 0.25) is 0 Å². The molecule has 0 spiro atoms. The fourth-order valence-electron chi connectivity index (χ4n) is 0.862. The summed E-state index contributed by atoms with van der Waals surface area (Å²) in [6.07, 6.45) is 1.26. The second kappa shape index (κ2) is 4.91. The SMILES string of the molecule is C=C1CCC(=O)N1OC.CC. The maximum Gasteiger partial charge on any atom is 0.250 e. The van der Waals surface area contributed by atoms with E-state index in [1.54, 1.807) is 0 Å². The second-order valence-corrected chi connectivity index (χ2v) is 1.94. The topological polar surface area (TPSA) is 29.5 Å². The number of hydrogen-bond acceptors (Lipinski definition) is 2. The van der Waals surface area contributed by atoms with Crippen LogP contribution in [-0.2, 0) is 9.63 Å². The van der Waals surface area contributed by atoms with Gasteiger partial charge in [-0.05, 0) is 6.42 Å². The third kappa shape index (κ3) is 2.35. The fourth-order valence-corrected chi connectivity index (χ4v) is 0.862. The number of rotatable bonds is 1. The van der Waals surface area contributed by atoms with Crippen LogP contribution in [0.15, 0.2) is 12.3 Å². The zero-order valence-corrected chi connectivity index (χ0v) is 7.39. The van der Waals surface area contributed by atoms with Gasteiger partial charge in [-0.25, -0.2) is 0 Å². The number of carbonyl (C=O) groups is 1. The lowest BCUT2D eigenvalue weighted by atomic mass is 10.3. The lowest BCUT2D eigenvalue weighted by molar-refractivity contribution is -0.159. The van der Waals surface area contributed by atoms with Crippen molar-refractivity contribution in [2.45, 2.75) is 26.7 Å². The van der Waals surface area contributed by atoms with Gasteiger partial charge in [-0.15, -0.1) is 0 Å². The molecule has 1 rings (SSSR count). The van der Waals surface area contributed by atoms with Gasteiger partial charge >= 0.3 is 0 Å². The molecule has 0 aromatic rings. The molecule has 11 heavy (non-hydrogen) atoms. The Labute approximate surface area is 67.6 Å². The van der Waals surface area contributed by atoms with Crippen LogP contribution in [0.4, 0.5) is 0 Å². The van der Waals surface area contributed by atoms with Gasteiger partial charge in [0.05, 0.1) is 7.11 Å². The summed E-state index contributed by atoms with van der Waals surface area (Å²) in [4.78, 5) is 15.5. The number of allylic oxidation sites excluding steroid dienone is 1. The second-order valence-electron chi connectivity index (χ2n) is 1.94. The van der Waals surface area contributed by atoms with Crippen LogP contribution in [0, 0.1) is 0 Å². The fraction of sp³-hybridized carbons (Fsp3) is 0.625. The van der Waals surface area contributed by atoms with Crippen LogP contribution in [-0.4, -0.2) is 18.1 Å². The molecule has 0 N–H and O–H groups in total. The average molecular weight is 157 g/mol. The Hall–Kier alpha value is -0.830. The van der Waals surface area contributed by atoms with Crippen LogP contribution in [0.1, 0.15) is 26.7 Å². The Balaban J connectivity index is 0.000000461. The van der Waals surface area contributed by atoms with E-state index in [2.05, 4.69) is 6.58 Å². The van der Waals surface area contributed by atoms with Crippen molar-refractivity contribution in [2.24, 2.45) is 0 Å². The standard InChI is InChI=1S/C6H9NO2.C2H6/c1-5-3-4-6(8)7(5)9-2;1-2/h1,3-4H2,2H3;1-2H3. The maximum absolute atomic E-state index is 10.8. The molecule has 1 saturated heterocycles. The summed E-state index contributed by atoms with van der Waals surface area (Å²) >= 11 is 0. The Kier molecular flexibility index (Phi) is 4.54. The highest BCUT2D eigenvalue weighted by Gasteiger charge is 2.23. The third-order valence-electron chi connectivity index (χ3n) is 1.32. The summed E-state index contributed by atoms with van der Waals surface area (Å²) in [7, 11) is 1.47. The molecular weight excluding hydrogens is 142 g/mol. The van der Waals surface area contributed by atoms with Gasteiger partial charge in [0.15, 0.2) is 0 Å². The Morgan fingerprint density at radius 2 is 2.00 bits per heavy atom. The zero-order valence-electron chi connectivity index (χ0n) is 7.39. The molecule has 3 nitrogen and oxygen atoms in total. The first-order valence-corrected chi connectivity index (χ1v) is 3.80. The van der Waals surface area contributed by atoms with Gasteiger partial charge < -0.3 is 0 Å². The molecule has 0 radical (unpaired) electrons. The molecule has 1 aliphatic rings. The number of carbonyl (C=O) groups excluding carboxylic acids is 1. The van der Waals surface area contributed by atoms with E-state index in [1.165, 1.54) is 12.2 Å². The average Bonchev–Trinajstić information content (AvgIpc) is 2.35. The molecule has 64 valence electrons. The van der Waals surface area contributed by atoms with Crippen molar-refractivity contribution in [3.05, 3.63) is 12.3 Å². The number of amides is 1. The predicted molar refractivity (Wildman–Crippen MR) is 43.6 cm³/mol. The van der Waals surface area contributed by atoms with Gasteiger partial charge in [0.1, 0.15) is 0 Å². The third-order valence-corrected chi connectivity index (χ3v) is 1.32. The lowest BCUT2D eigenvalue weighted by Gasteiger charge is -2.11. The summed E-state index contributed by atoms with van der Waals surface area (Å²) in [5.74, 6) is 0.00231. The summed E-state index contributed by atoms with van der Waals surface area (Å²) in [6, 6.07) is 0. The van der Waals surface area contributed by atoms with Crippen molar-refractivity contribution in [3.63, 3.8) is 0 Å². The van der Waals surface area contributed by atoms with Crippen molar-refractivity contribution in [2.75, 3.05) is 7.11 Å². The first-order chi connectivity index (χ1) is 5.25. The van der Waals surface area contributed by atoms with E-state index in [4.69, 9.17) is 4.84 Å². The number of nitrogens with zero attached hydrogens (tertiary/aromatic N) is 1. The van der Waals surface area contributed by atoms with Crippen LogP contribution < -0.4 is 0 Å². The molecule has 0 atom stereocenters. The van der Waals surface area contributed by atoms with Crippen LogP contribution in [0.5, 0.6) is 0 Å². The number of hydrogen-bond donors (Lipinski definition) is 0. The smallest absolute Gasteiger partial charge is 0.250 e.